The maximum absolute atomic E-state index is 13.6. The zero-order valence-electron chi connectivity index (χ0n) is 16.8. The van der Waals surface area contributed by atoms with Crippen molar-refractivity contribution in [1.82, 2.24) is 0 Å². The number of carbonyl (C=O) groups is 2. The third kappa shape index (κ3) is 5.63. The molecule has 2 amide bonds. The van der Waals surface area contributed by atoms with E-state index in [0.29, 0.717) is 11.3 Å². The van der Waals surface area contributed by atoms with Gasteiger partial charge in [-0.1, -0.05) is 18.2 Å². The Morgan fingerprint density at radius 2 is 1.62 bits per heavy atom. The lowest BCUT2D eigenvalue weighted by Crippen LogP contribution is -2.19. The molecule has 2 N–H and O–H groups in total. The molecule has 3 rings (SSSR count). The maximum atomic E-state index is 13.6. The highest BCUT2D eigenvalue weighted by Gasteiger charge is 2.34. The van der Waals surface area contributed by atoms with E-state index in [4.69, 9.17) is 4.74 Å². The number of methoxy groups -OCH3 is 1. The Balaban J connectivity index is 1.80. The lowest BCUT2D eigenvalue weighted by Gasteiger charge is -2.16. The van der Waals surface area contributed by atoms with Gasteiger partial charge >= 0.3 is 6.18 Å². The van der Waals surface area contributed by atoms with E-state index in [9.17, 15) is 27.2 Å². The van der Waals surface area contributed by atoms with Crippen LogP contribution in [-0.4, -0.2) is 18.9 Å². The minimum absolute atomic E-state index is 0.0779. The smallest absolute Gasteiger partial charge is 0.418 e. The molecule has 32 heavy (non-hydrogen) atoms. The van der Waals surface area contributed by atoms with E-state index in [1.54, 1.807) is 24.3 Å². The van der Waals surface area contributed by atoms with Crippen LogP contribution in [0.5, 0.6) is 5.75 Å². The van der Waals surface area contributed by atoms with Crippen molar-refractivity contribution in [3.63, 3.8) is 0 Å². The minimum Gasteiger partial charge on any atom is -0.496 e. The summed E-state index contributed by atoms with van der Waals surface area (Å²) in [6, 6.07) is 14.2. The van der Waals surface area contributed by atoms with Crippen LogP contribution in [0.4, 0.5) is 28.9 Å². The van der Waals surface area contributed by atoms with Gasteiger partial charge in [-0.2, -0.15) is 13.2 Å². The van der Waals surface area contributed by atoms with Crippen molar-refractivity contribution in [2.75, 3.05) is 17.7 Å². The van der Waals surface area contributed by atoms with E-state index in [0.717, 1.165) is 24.3 Å². The Morgan fingerprint density at radius 1 is 0.938 bits per heavy atom. The number of halogens is 4. The molecule has 0 aliphatic carbocycles. The minimum atomic E-state index is -4.79. The average Bonchev–Trinajstić information content (AvgIpc) is 2.75. The number of nitrogens with one attached hydrogen (secondary N) is 2. The predicted octanol–water partition coefficient (Wildman–Crippen LogP) is 5.29. The van der Waals surface area contributed by atoms with Gasteiger partial charge in [0.05, 0.1) is 24.8 Å². The number of amides is 2. The van der Waals surface area contributed by atoms with E-state index in [1.165, 1.54) is 25.3 Å². The molecule has 9 heteroatoms. The zero-order chi connectivity index (χ0) is 23.3. The standard InChI is InChI=1S/C23H18F4N2O3/c1-32-20-5-3-2-4-15(20)12-21(30)29-19-11-10-17(13-18(19)23(25,26)27)28-22(31)14-6-8-16(24)9-7-14/h2-11,13H,12H2,1H3,(H,28,31)(H,29,30). The van der Waals surface area contributed by atoms with Crippen LogP contribution in [0.1, 0.15) is 21.5 Å². The first-order chi connectivity index (χ1) is 15.2. The Kier molecular flexibility index (Phi) is 6.77. The van der Waals surface area contributed by atoms with Crippen LogP contribution in [0.3, 0.4) is 0 Å². The van der Waals surface area contributed by atoms with Crippen LogP contribution in [0.15, 0.2) is 66.7 Å². The first-order valence-electron chi connectivity index (χ1n) is 9.37. The van der Waals surface area contributed by atoms with Crippen LogP contribution in [0, 0.1) is 5.82 Å². The Morgan fingerprint density at radius 3 is 2.28 bits per heavy atom. The van der Waals surface area contributed by atoms with E-state index < -0.39 is 35.1 Å². The van der Waals surface area contributed by atoms with Gasteiger partial charge in [0.25, 0.3) is 5.91 Å². The predicted molar refractivity (Wildman–Crippen MR) is 111 cm³/mol. The van der Waals surface area contributed by atoms with Gasteiger partial charge in [0.2, 0.25) is 5.91 Å². The van der Waals surface area contributed by atoms with Gasteiger partial charge in [-0.15, -0.1) is 0 Å². The molecule has 166 valence electrons. The first-order valence-corrected chi connectivity index (χ1v) is 9.37. The van der Waals surface area contributed by atoms with E-state index in [2.05, 4.69) is 10.6 Å². The molecule has 0 spiro atoms. The highest BCUT2D eigenvalue weighted by Crippen LogP contribution is 2.37. The number of hydrogen-bond donors (Lipinski definition) is 2. The van der Waals surface area contributed by atoms with Crippen molar-refractivity contribution in [3.05, 3.63) is 89.2 Å². The zero-order valence-corrected chi connectivity index (χ0v) is 16.8. The summed E-state index contributed by atoms with van der Waals surface area (Å²) in [6.07, 6.45) is -4.98. The van der Waals surface area contributed by atoms with Crippen LogP contribution in [0.25, 0.3) is 0 Å². The summed E-state index contributed by atoms with van der Waals surface area (Å²) in [5.74, 6) is -1.47. The van der Waals surface area contributed by atoms with Crippen molar-refractivity contribution < 1.29 is 31.9 Å². The lowest BCUT2D eigenvalue weighted by atomic mass is 10.1. The summed E-state index contributed by atoms with van der Waals surface area (Å²) < 4.78 is 59.0. The number of alkyl halides is 3. The molecule has 3 aromatic carbocycles. The van der Waals surface area contributed by atoms with Gasteiger partial charge in [-0.3, -0.25) is 9.59 Å². The highest BCUT2D eigenvalue weighted by atomic mass is 19.4. The monoisotopic (exact) mass is 446 g/mol. The molecular weight excluding hydrogens is 428 g/mol. The molecule has 0 aliphatic rings. The molecule has 0 bridgehead atoms. The molecule has 0 saturated heterocycles. The molecule has 5 nitrogen and oxygen atoms in total. The van der Waals surface area contributed by atoms with Crippen LogP contribution >= 0.6 is 0 Å². The summed E-state index contributed by atoms with van der Waals surface area (Å²) in [6.45, 7) is 0. The molecule has 3 aromatic rings. The Labute approximate surface area is 181 Å². The largest absolute Gasteiger partial charge is 0.496 e. The fourth-order valence-electron chi connectivity index (χ4n) is 2.99. The summed E-state index contributed by atoms with van der Waals surface area (Å²) in [4.78, 5) is 24.6. The Bertz CT molecular complexity index is 1130. The molecule has 0 aliphatic heterocycles. The highest BCUT2D eigenvalue weighted by molar-refractivity contribution is 6.04. The second kappa shape index (κ2) is 9.51. The second-order valence-corrected chi connectivity index (χ2v) is 6.76. The number of para-hydroxylation sites is 1. The topological polar surface area (TPSA) is 67.4 Å². The SMILES string of the molecule is COc1ccccc1CC(=O)Nc1ccc(NC(=O)c2ccc(F)cc2)cc1C(F)(F)F. The summed E-state index contributed by atoms with van der Waals surface area (Å²) in [5.41, 5.74) is -1.10. The second-order valence-electron chi connectivity index (χ2n) is 6.76. The van der Waals surface area contributed by atoms with Crippen LogP contribution in [0.2, 0.25) is 0 Å². The molecule has 0 atom stereocenters. The average molecular weight is 446 g/mol. The molecule has 0 unspecified atom stereocenters. The van der Waals surface area contributed by atoms with Gasteiger partial charge < -0.3 is 15.4 Å². The summed E-state index contributed by atoms with van der Waals surface area (Å²) >= 11 is 0. The number of carbonyl (C=O) groups excluding carboxylic acids is 2. The molecule has 0 heterocycles. The van der Waals surface area contributed by atoms with Crippen molar-refractivity contribution in [2.24, 2.45) is 0 Å². The number of benzene rings is 3. The fourth-order valence-corrected chi connectivity index (χ4v) is 2.99. The molecular formula is C23H18F4N2O3. The lowest BCUT2D eigenvalue weighted by molar-refractivity contribution is -0.136. The maximum Gasteiger partial charge on any atom is 0.418 e. The normalized spacial score (nSPS) is 11.0. The van der Waals surface area contributed by atoms with Crippen molar-refractivity contribution >= 4 is 23.2 Å². The van der Waals surface area contributed by atoms with E-state index in [1.807, 2.05) is 0 Å². The molecule has 0 aromatic heterocycles. The molecule has 0 saturated carbocycles. The van der Waals surface area contributed by atoms with Gasteiger partial charge in [0, 0.05) is 16.8 Å². The van der Waals surface area contributed by atoms with Crippen LogP contribution < -0.4 is 15.4 Å². The van der Waals surface area contributed by atoms with Gasteiger partial charge in [0.15, 0.2) is 0 Å². The van der Waals surface area contributed by atoms with Gasteiger partial charge in [-0.25, -0.2) is 4.39 Å². The van der Waals surface area contributed by atoms with Crippen molar-refractivity contribution in [2.45, 2.75) is 12.6 Å². The van der Waals surface area contributed by atoms with E-state index >= 15 is 0 Å². The van der Waals surface area contributed by atoms with Crippen molar-refractivity contribution in [3.8, 4) is 5.75 Å². The quantitative estimate of drug-likeness (QED) is 0.506. The number of anilines is 2. The molecule has 0 radical (unpaired) electrons. The van der Waals surface area contributed by atoms with E-state index in [-0.39, 0.29) is 17.7 Å². The Hall–Kier alpha value is -3.88. The summed E-state index contributed by atoms with van der Waals surface area (Å²) in [5, 5.41) is 4.60. The molecule has 0 fully saturated rings. The fraction of sp³-hybridized carbons (Fsp3) is 0.130. The van der Waals surface area contributed by atoms with Crippen molar-refractivity contribution in [1.29, 1.82) is 0 Å². The first kappa shape index (κ1) is 22.8. The number of hydrogen-bond acceptors (Lipinski definition) is 3. The number of rotatable bonds is 6. The summed E-state index contributed by atoms with van der Waals surface area (Å²) in [7, 11) is 1.43. The third-order valence-corrected chi connectivity index (χ3v) is 4.51. The third-order valence-electron chi connectivity index (χ3n) is 4.51. The number of ether oxygens (including phenoxy) is 1. The van der Waals surface area contributed by atoms with Gasteiger partial charge in [-0.05, 0) is 48.5 Å². The van der Waals surface area contributed by atoms with Crippen LogP contribution in [-0.2, 0) is 17.4 Å². The van der Waals surface area contributed by atoms with Gasteiger partial charge in [0.1, 0.15) is 11.6 Å².